The van der Waals surface area contributed by atoms with Gasteiger partial charge in [0, 0.05) is 32.2 Å². The molecule has 1 N–H and O–H groups in total. The molecule has 0 saturated carbocycles. The van der Waals surface area contributed by atoms with Crippen LogP contribution in [0, 0.1) is 0 Å². The Bertz CT molecular complexity index is 797. The second-order valence-electron chi connectivity index (χ2n) is 9.15. The van der Waals surface area contributed by atoms with E-state index >= 15 is 0 Å². The summed E-state index contributed by atoms with van der Waals surface area (Å²) in [6.07, 6.45) is 4.03. The second kappa shape index (κ2) is 10.0. The summed E-state index contributed by atoms with van der Waals surface area (Å²) < 4.78 is 8.22. The molecule has 0 aliphatic heterocycles. The van der Waals surface area contributed by atoms with Gasteiger partial charge in [0.1, 0.15) is 0 Å². The predicted molar refractivity (Wildman–Crippen MR) is 130 cm³/mol. The van der Waals surface area contributed by atoms with Gasteiger partial charge in [0.25, 0.3) is 0 Å². The molecule has 0 amide bonds. The van der Waals surface area contributed by atoms with Crippen LogP contribution in [-0.2, 0) is 0 Å². The predicted octanol–water partition coefficient (Wildman–Crippen LogP) is 8.20. The van der Waals surface area contributed by atoms with Crippen molar-refractivity contribution in [3.05, 3.63) is 71.1 Å². The molecule has 0 bridgehead atoms. The molecule has 0 aliphatic rings. The van der Waals surface area contributed by atoms with Crippen LogP contribution in [0.2, 0.25) is 0 Å². The number of nitrogens with one attached hydrogen (secondary N) is 1. The maximum absolute atomic E-state index is 8.22. The van der Waals surface area contributed by atoms with Gasteiger partial charge < -0.3 is 10.2 Å². The van der Waals surface area contributed by atoms with Gasteiger partial charge in [-0.2, -0.15) is 0 Å². The summed E-state index contributed by atoms with van der Waals surface area (Å²) >= 11 is 0. The van der Waals surface area contributed by atoms with Crippen molar-refractivity contribution in [2.45, 2.75) is 79.1 Å². The van der Waals surface area contributed by atoms with E-state index < -0.39 is 0 Å². The van der Waals surface area contributed by atoms with E-state index in [4.69, 9.17) is 1.37 Å². The molecule has 0 heterocycles. The van der Waals surface area contributed by atoms with Crippen molar-refractivity contribution in [1.29, 1.82) is 0 Å². The van der Waals surface area contributed by atoms with Crippen LogP contribution in [0.4, 0.5) is 11.4 Å². The topological polar surface area (TPSA) is 15.3 Å². The lowest BCUT2D eigenvalue weighted by Gasteiger charge is -2.26. The van der Waals surface area contributed by atoms with Crippen molar-refractivity contribution in [2.24, 2.45) is 0 Å². The Labute approximate surface area is 180 Å². The number of rotatable bonds is 8. The van der Waals surface area contributed by atoms with Crippen LogP contribution >= 0.6 is 0 Å². The van der Waals surface area contributed by atoms with Crippen molar-refractivity contribution < 1.29 is 1.37 Å². The summed E-state index contributed by atoms with van der Waals surface area (Å²) in [5.74, 6) is 1.70. The molecule has 2 rings (SSSR count). The fourth-order valence-electron chi connectivity index (χ4n) is 3.85. The maximum Gasteiger partial charge on any atom is 0.0474 e. The molecule has 29 heavy (non-hydrogen) atoms. The minimum atomic E-state index is 0.185. The zero-order chi connectivity index (χ0) is 22.4. The molecule has 0 radical (unpaired) electrons. The lowest BCUT2D eigenvalue weighted by molar-refractivity contribution is 0.826. The first-order chi connectivity index (χ1) is 14.2. The molecule has 0 aromatic heterocycles. The Balaban J connectivity index is 2.44. The highest BCUT2D eigenvalue weighted by Crippen LogP contribution is 2.35. The Kier molecular flexibility index (Phi) is 7.41. The molecule has 2 aromatic carbocycles. The van der Waals surface area contributed by atoms with E-state index in [0.29, 0.717) is 23.7 Å². The van der Waals surface area contributed by atoms with E-state index in [0.717, 1.165) is 0 Å². The molecule has 0 atom stereocenters. The summed E-state index contributed by atoms with van der Waals surface area (Å²) in [6.45, 7) is 17.8. The van der Waals surface area contributed by atoms with E-state index in [2.05, 4.69) is 102 Å². The number of hydrogen-bond acceptors (Lipinski definition) is 2. The molecule has 2 heteroatoms. The number of hydrogen-bond donors (Lipinski definition) is 1. The van der Waals surface area contributed by atoms with Crippen molar-refractivity contribution >= 4 is 11.4 Å². The zero-order valence-corrected chi connectivity index (χ0v) is 19.6. The van der Waals surface area contributed by atoms with E-state index in [1.54, 1.807) is 0 Å². The molecule has 0 saturated heterocycles. The number of nitrogens with zero attached hydrogens (tertiary/aromatic N) is 1. The van der Waals surface area contributed by atoms with Gasteiger partial charge in [-0.05, 0) is 45.9 Å². The van der Waals surface area contributed by atoms with Gasteiger partial charge in [0.05, 0.1) is 0 Å². The van der Waals surface area contributed by atoms with Crippen LogP contribution in [0.15, 0.2) is 48.8 Å². The summed E-state index contributed by atoms with van der Waals surface area (Å²) in [6, 6.07) is 13.1. The smallest absolute Gasteiger partial charge is 0.0474 e. The van der Waals surface area contributed by atoms with Crippen LogP contribution in [0.5, 0.6) is 0 Å². The Morgan fingerprint density at radius 2 is 1.14 bits per heavy atom. The standard InChI is InChI=1S/C27H40N2/c1-18(2)22-12-10-13-23(19(3)4)26(22)28-16-17-29(9)27-24(20(5)6)14-11-15-25(27)21(7)8/h10-21,28H,1-9H3/b17-16+/i9D. The summed E-state index contributed by atoms with van der Waals surface area (Å²) in [5, 5.41) is 3.57. The summed E-state index contributed by atoms with van der Waals surface area (Å²) in [7, 11) is 0.185. The normalized spacial score (nSPS) is 12.5. The third kappa shape index (κ3) is 5.44. The molecular formula is C27H40N2. The van der Waals surface area contributed by atoms with Crippen LogP contribution in [0.25, 0.3) is 0 Å². The summed E-state index contributed by atoms with van der Waals surface area (Å²) in [5.41, 5.74) is 7.62. The van der Waals surface area contributed by atoms with Gasteiger partial charge in [0.2, 0.25) is 0 Å². The molecule has 2 aromatic rings. The fraction of sp³-hybridized carbons (Fsp3) is 0.481. The largest absolute Gasteiger partial charge is 0.360 e. The molecule has 0 fully saturated rings. The first kappa shape index (κ1) is 21.5. The maximum atomic E-state index is 8.22. The van der Waals surface area contributed by atoms with Gasteiger partial charge in [-0.25, -0.2) is 0 Å². The highest BCUT2D eigenvalue weighted by atomic mass is 15.1. The Morgan fingerprint density at radius 3 is 1.52 bits per heavy atom. The Morgan fingerprint density at radius 1 is 0.724 bits per heavy atom. The number of para-hydroxylation sites is 2. The monoisotopic (exact) mass is 393 g/mol. The Hall–Kier alpha value is -2.22. The average Bonchev–Trinajstić information content (AvgIpc) is 2.70. The highest BCUT2D eigenvalue weighted by molar-refractivity contribution is 5.65. The van der Waals surface area contributed by atoms with E-state index in [1.165, 1.54) is 33.6 Å². The quantitative estimate of drug-likeness (QED) is 0.486. The second-order valence-corrected chi connectivity index (χ2v) is 9.15. The SMILES string of the molecule is [2H]CN(/C=C/Nc1c(C(C)C)cccc1C(C)C)c1c(C(C)C)cccc1C(C)C. The van der Waals surface area contributed by atoms with Gasteiger partial charge >= 0.3 is 0 Å². The zero-order valence-electron chi connectivity index (χ0n) is 20.6. The van der Waals surface area contributed by atoms with Crippen molar-refractivity contribution in [1.82, 2.24) is 0 Å². The molecule has 158 valence electrons. The number of benzene rings is 2. The van der Waals surface area contributed by atoms with Crippen LogP contribution in [0.1, 0.15) is 103 Å². The first-order valence-corrected chi connectivity index (χ1v) is 10.9. The van der Waals surface area contributed by atoms with Crippen LogP contribution in [-0.4, -0.2) is 7.02 Å². The minimum Gasteiger partial charge on any atom is -0.360 e. The van der Waals surface area contributed by atoms with E-state index in [1.807, 2.05) is 12.4 Å². The summed E-state index contributed by atoms with van der Waals surface area (Å²) in [4.78, 5) is 2.06. The third-order valence-corrected chi connectivity index (χ3v) is 5.48. The first-order valence-electron chi connectivity index (χ1n) is 11.6. The molecular weight excluding hydrogens is 352 g/mol. The van der Waals surface area contributed by atoms with E-state index in [9.17, 15) is 0 Å². The van der Waals surface area contributed by atoms with Gasteiger partial charge in [-0.15, -0.1) is 0 Å². The van der Waals surface area contributed by atoms with Gasteiger partial charge in [-0.3, -0.25) is 0 Å². The fourth-order valence-corrected chi connectivity index (χ4v) is 3.85. The lowest BCUT2D eigenvalue weighted by Crippen LogP contribution is -2.15. The number of anilines is 2. The lowest BCUT2D eigenvalue weighted by atomic mass is 9.92. The van der Waals surface area contributed by atoms with Gasteiger partial charge in [0.15, 0.2) is 0 Å². The van der Waals surface area contributed by atoms with Crippen molar-refractivity contribution in [3.63, 3.8) is 0 Å². The highest BCUT2D eigenvalue weighted by Gasteiger charge is 2.16. The van der Waals surface area contributed by atoms with Crippen LogP contribution in [0.3, 0.4) is 0 Å². The molecule has 0 aliphatic carbocycles. The van der Waals surface area contributed by atoms with E-state index in [-0.39, 0.29) is 7.02 Å². The molecule has 0 spiro atoms. The van der Waals surface area contributed by atoms with Gasteiger partial charge in [-0.1, -0.05) is 91.8 Å². The molecule has 2 nitrogen and oxygen atoms in total. The van der Waals surface area contributed by atoms with Crippen molar-refractivity contribution in [3.8, 4) is 0 Å². The third-order valence-electron chi connectivity index (χ3n) is 5.48. The van der Waals surface area contributed by atoms with Crippen molar-refractivity contribution in [2.75, 3.05) is 17.2 Å². The van der Waals surface area contributed by atoms with Crippen LogP contribution < -0.4 is 10.2 Å². The molecule has 0 unspecified atom stereocenters. The minimum absolute atomic E-state index is 0.185. The average molecular weight is 394 g/mol.